The molecule has 1 aromatic heterocycles. The van der Waals surface area contributed by atoms with E-state index in [0.29, 0.717) is 52.5 Å². The summed E-state index contributed by atoms with van der Waals surface area (Å²) >= 11 is 1.86. The molecule has 2 amide bonds. The lowest BCUT2D eigenvalue weighted by Gasteiger charge is -2.39. The van der Waals surface area contributed by atoms with Gasteiger partial charge in [-0.1, -0.05) is 11.6 Å². The second kappa shape index (κ2) is 13.7. The Labute approximate surface area is 297 Å². The third-order valence-electron chi connectivity index (χ3n) is 10.5. The first kappa shape index (κ1) is 33.3. The summed E-state index contributed by atoms with van der Waals surface area (Å²) in [6.45, 7) is 0.232. The number of nitrogens with one attached hydrogen (secondary N) is 2. The summed E-state index contributed by atoms with van der Waals surface area (Å²) in [6.07, 6.45) is 4.53. The van der Waals surface area contributed by atoms with E-state index in [2.05, 4.69) is 20.9 Å². The van der Waals surface area contributed by atoms with Crippen LogP contribution in [0, 0.1) is 11.8 Å². The third-order valence-corrected chi connectivity index (χ3v) is 12.0. The normalized spacial score (nSPS) is 26.8. The number of rotatable bonds is 12. The minimum Gasteiger partial charge on any atom is -0.493 e. The van der Waals surface area contributed by atoms with Crippen LogP contribution in [0.3, 0.4) is 0 Å². The Morgan fingerprint density at radius 3 is 2.49 bits per heavy atom. The van der Waals surface area contributed by atoms with E-state index in [1.807, 2.05) is 36.0 Å². The number of urea groups is 1. The van der Waals surface area contributed by atoms with E-state index >= 15 is 0 Å². The fourth-order valence-corrected chi connectivity index (χ4v) is 9.70. The van der Waals surface area contributed by atoms with Crippen LogP contribution in [0.1, 0.15) is 60.0 Å². The molecule has 0 spiro atoms. The first-order valence-electron chi connectivity index (χ1n) is 17.0. The summed E-state index contributed by atoms with van der Waals surface area (Å²) in [7, 11) is 4.65. The molecule has 16 heteroatoms. The molecule has 1 aliphatic carbocycles. The minimum absolute atomic E-state index is 0.0307. The molecule has 3 fully saturated rings. The molecule has 0 unspecified atom stereocenters. The number of unbranched alkanes of at least 4 members (excludes halogenated alkanes) is 1. The highest BCUT2D eigenvalue weighted by atomic mass is 32.2. The maximum atomic E-state index is 13.6. The van der Waals surface area contributed by atoms with Gasteiger partial charge >= 0.3 is 18.0 Å². The molecule has 5 aliphatic rings. The van der Waals surface area contributed by atoms with Gasteiger partial charge in [0, 0.05) is 29.3 Å². The number of fused-ring (bicyclic) bond motifs is 4. The summed E-state index contributed by atoms with van der Waals surface area (Å²) in [4.78, 5) is 37.9. The molecule has 5 heterocycles. The Balaban J connectivity index is 1.00. The number of cyclic esters (lactones) is 1. The quantitative estimate of drug-likeness (QED) is 0.159. The van der Waals surface area contributed by atoms with Crippen molar-refractivity contribution in [2.75, 3.05) is 40.5 Å². The van der Waals surface area contributed by atoms with Gasteiger partial charge in [0.2, 0.25) is 12.5 Å². The van der Waals surface area contributed by atoms with Crippen LogP contribution in [0.4, 0.5) is 4.79 Å². The Kier molecular flexibility index (Phi) is 8.94. The molecule has 2 aromatic carbocycles. The second-order valence-electron chi connectivity index (χ2n) is 13.3. The van der Waals surface area contributed by atoms with Crippen molar-refractivity contribution in [2.24, 2.45) is 11.8 Å². The van der Waals surface area contributed by atoms with Crippen LogP contribution in [-0.4, -0.2) is 90.8 Å². The monoisotopic (exact) mass is 721 g/mol. The number of thioether (sulfide) groups is 1. The van der Waals surface area contributed by atoms with Gasteiger partial charge in [-0.25, -0.2) is 9.48 Å². The standard InChI is InChI=1S/C35H39N5O10S/c1-44-25-8-17(9-26(45-2)33(25)46-3)29-19-10-23-24(50-16-49-23)11-20(19)32(21-14-48-34(42)30(21)29)40-12-18(38-39-40)13-47-28(41)7-5-4-6-27-31-22(15-51-27)36-35(43)37-31/h8-12,21-22,27,29-32H,4-7,13-16H2,1-3H3,(H2,36,37,43)/t21-,22+,27-,29+,30+,31+,32+/m0/s1. The van der Waals surface area contributed by atoms with Gasteiger partial charge in [-0.2, -0.15) is 11.8 Å². The fraction of sp³-hybridized carbons (Fsp3) is 0.514. The predicted octanol–water partition coefficient (Wildman–Crippen LogP) is 3.33. The zero-order valence-corrected chi connectivity index (χ0v) is 29.2. The van der Waals surface area contributed by atoms with Crippen LogP contribution in [0.2, 0.25) is 0 Å². The van der Waals surface area contributed by atoms with Crippen LogP contribution >= 0.6 is 11.8 Å². The Morgan fingerprint density at radius 2 is 1.75 bits per heavy atom. The van der Waals surface area contributed by atoms with E-state index in [1.165, 1.54) is 0 Å². The Hall–Kier alpha value is -4.86. The average Bonchev–Trinajstić information content (AvgIpc) is 3.98. The van der Waals surface area contributed by atoms with E-state index in [1.54, 1.807) is 32.2 Å². The van der Waals surface area contributed by atoms with Crippen LogP contribution in [0.15, 0.2) is 30.5 Å². The predicted molar refractivity (Wildman–Crippen MR) is 180 cm³/mol. The summed E-state index contributed by atoms with van der Waals surface area (Å²) in [5.74, 6) is 1.51. The van der Waals surface area contributed by atoms with E-state index in [-0.39, 0.29) is 56.0 Å². The lowest BCUT2D eigenvalue weighted by molar-refractivity contribution is -0.145. The molecule has 0 bridgehead atoms. The molecular formula is C35H39N5O10S. The van der Waals surface area contributed by atoms with Crippen molar-refractivity contribution < 1.29 is 47.5 Å². The molecule has 4 aliphatic heterocycles. The van der Waals surface area contributed by atoms with Crippen molar-refractivity contribution in [3.63, 3.8) is 0 Å². The number of esters is 2. The molecule has 270 valence electrons. The SMILES string of the molecule is COc1cc([C@@H]2c3cc4c(cc3[C@@H](n3cc(COC(=O)CCCC[C@@H]5SC[C@H]6NC(=O)N[C@@H]56)nn3)[C@H]3COC(=O)[C@@H]23)OCO4)cc(OC)c1OC. The summed E-state index contributed by atoms with van der Waals surface area (Å²) in [5.41, 5.74) is 3.00. The number of carbonyl (C=O) groups excluding carboxylic acids is 3. The number of aromatic nitrogens is 3. The first-order valence-corrected chi connectivity index (χ1v) is 18.1. The number of nitrogens with zero attached hydrogens (tertiary/aromatic N) is 3. The summed E-state index contributed by atoms with van der Waals surface area (Å²) in [6, 6.07) is 7.39. The third kappa shape index (κ3) is 6.02. The van der Waals surface area contributed by atoms with Gasteiger partial charge in [-0.05, 0) is 53.8 Å². The lowest BCUT2D eigenvalue weighted by atomic mass is 9.65. The van der Waals surface area contributed by atoms with Gasteiger partial charge in [0.05, 0.1) is 58.2 Å². The number of amides is 2. The van der Waals surface area contributed by atoms with E-state index in [4.69, 9.17) is 33.2 Å². The Morgan fingerprint density at radius 1 is 0.980 bits per heavy atom. The number of methoxy groups -OCH3 is 3. The molecule has 8 rings (SSSR count). The number of benzene rings is 2. The Bertz CT molecular complexity index is 1830. The van der Waals surface area contributed by atoms with Crippen LogP contribution in [0.25, 0.3) is 0 Å². The van der Waals surface area contributed by atoms with Crippen molar-refractivity contribution in [1.29, 1.82) is 0 Å². The summed E-state index contributed by atoms with van der Waals surface area (Å²) < 4.78 is 41.5. The minimum atomic E-state index is -0.578. The number of hydrogen-bond donors (Lipinski definition) is 2. The number of carbonyl (C=O) groups is 3. The molecule has 3 saturated heterocycles. The van der Waals surface area contributed by atoms with Crippen LogP contribution in [-0.2, 0) is 25.7 Å². The van der Waals surface area contributed by atoms with Gasteiger partial charge in [-0.3, -0.25) is 9.59 Å². The molecule has 0 radical (unpaired) electrons. The largest absolute Gasteiger partial charge is 0.493 e. The molecule has 7 atom stereocenters. The molecule has 15 nitrogen and oxygen atoms in total. The smallest absolute Gasteiger partial charge is 0.315 e. The van der Waals surface area contributed by atoms with Crippen LogP contribution in [0.5, 0.6) is 28.7 Å². The van der Waals surface area contributed by atoms with Crippen molar-refractivity contribution in [3.05, 3.63) is 52.8 Å². The number of hydrogen-bond acceptors (Lipinski definition) is 13. The molecule has 0 saturated carbocycles. The average molecular weight is 722 g/mol. The van der Waals surface area contributed by atoms with E-state index < -0.39 is 17.9 Å². The van der Waals surface area contributed by atoms with Gasteiger partial charge in [0.1, 0.15) is 12.3 Å². The zero-order valence-electron chi connectivity index (χ0n) is 28.4. The highest BCUT2D eigenvalue weighted by Crippen LogP contribution is 2.56. The van der Waals surface area contributed by atoms with Gasteiger partial charge < -0.3 is 43.8 Å². The first-order chi connectivity index (χ1) is 24.9. The highest BCUT2D eigenvalue weighted by Gasteiger charge is 2.53. The van der Waals surface area contributed by atoms with Crippen molar-refractivity contribution in [2.45, 2.75) is 61.6 Å². The second-order valence-corrected chi connectivity index (χ2v) is 14.5. The molecular weight excluding hydrogens is 682 g/mol. The maximum Gasteiger partial charge on any atom is 0.315 e. The van der Waals surface area contributed by atoms with Crippen molar-refractivity contribution in [3.8, 4) is 28.7 Å². The van der Waals surface area contributed by atoms with Crippen LogP contribution < -0.4 is 34.3 Å². The van der Waals surface area contributed by atoms with Gasteiger partial charge in [0.25, 0.3) is 0 Å². The van der Waals surface area contributed by atoms with Gasteiger partial charge in [-0.15, -0.1) is 5.10 Å². The maximum absolute atomic E-state index is 13.6. The molecule has 3 aromatic rings. The molecule has 51 heavy (non-hydrogen) atoms. The number of ether oxygens (including phenoxy) is 7. The lowest BCUT2D eigenvalue weighted by Crippen LogP contribution is -2.37. The summed E-state index contributed by atoms with van der Waals surface area (Å²) in [5, 5.41) is 15.1. The van der Waals surface area contributed by atoms with E-state index in [0.717, 1.165) is 35.3 Å². The molecule has 2 N–H and O–H groups in total. The topological polar surface area (TPSA) is 171 Å². The van der Waals surface area contributed by atoms with Gasteiger partial charge in [0.15, 0.2) is 23.0 Å². The highest BCUT2D eigenvalue weighted by molar-refractivity contribution is 8.00. The fourth-order valence-electron chi connectivity index (χ4n) is 8.15. The van der Waals surface area contributed by atoms with E-state index in [9.17, 15) is 14.4 Å². The van der Waals surface area contributed by atoms with Crippen molar-refractivity contribution >= 4 is 29.7 Å². The zero-order chi connectivity index (χ0) is 35.2. The van der Waals surface area contributed by atoms with Crippen molar-refractivity contribution in [1.82, 2.24) is 25.6 Å².